The Balaban J connectivity index is 1.84. The van der Waals surface area contributed by atoms with Gasteiger partial charge in [0.1, 0.15) is 11.8 Å². The molecule has 15 heteroatoms. The molecule has 0 spiro atoms. The summed E-state index contributed by atoms with van der Waals surface area (Å²) in [6.45, 7) is 5.99. The number of non-ortho nitro benzene ring substituents is 2. The number of esters is 4. The Bertz CT molecular complexity index is 1710. The van der Waals surface area contributed by atoms with Crippen LogP contribution >= 0.6 is 0 Å². The molecule has 15 nitrogen and oxygen atoms in total. The first kappa shape index (κ1) is 34.0. The fourth-order valence-electron chi connectivity index (χ4n) is 6.05. The molecule has 2 unspecified atom stereocenters. The van der Waals surface area contributed by atoms with Gasteiger partial charge in [0.15, 0.2) is 0 Å². The summed E-state index contributed by atoms with van der Waals surface area (Å²) in [4.78, 5) is 84.5. The Kier molecular flexibility index (Phi) is 9.87. The summed E-state index contributed by atoms with van der Waals surface area (Å²) in [6.07, 6.45) is 0. The zero-order valence-electron chi connectivity index (χ0n) is 26.2. The summed E-state index contributed by atoms with van der Waals surface area (Å²) in [5.41, 5.74) is -0.00446. The van der Waals surface area contributed by atoms with Crippen molar-refractivity contribution in [1.29, 1.82) is 0 Å². The zero-order chi connectivity index (χ0) is 34.7. The van der Waals surface area contributed by atoms with E-state index in [1.165, 1.54) is 76.2 Å². The molecule has 4 rings (SSSR count). The number of nitro benzene ring substituents is 2. The maximum absolute atomic E-state index is 14.0. The molecule has 0 aromatic heterocycles. The van der Waals surface area contributed by atoms with Crippen molar-refractivity contribution >= 4 is 46.7 Å². The van der Waals surface area contributed by atoms with Gasteiger partial charge in [0, 0.05) is 58.9 Å². The van der Waals surface area contributed by atoms with Crippen LogP contribution in [-0.4, -0.2) is 59.4 Å². The van der Waals surface area contributed by atoms with Crippen molar-refractivity contribution in [3.05, 3.63) is 102 Å². The van der Waals surface area contributed by atoms with Crippen LogP contribution in [0.15, 0.2) is 81.1 Å². The van der Waals surface area contributed by atoms with Crippen LogP contribution in [0, 0.1) is 32.1 Å². The van der Waals surface area contributed by atoms with Crippen LogP contribution in [0.2, 0.25) is 0 Å². The summed E-state index contributed by atoms with van der Waals surface area (Å²) in [5.74, 6) is -8.79. The molecule has 0 N–H and O–H groups in total. The van der Waals surface area contributed by atoms with Gasteiger partial charge >= 0.3 is 23.9 Å². The highest BCUT2D eigenvalue weighted by Gasteiger charge is 2.46. The molecule has 2 aromatic rings. The fraction of sp³-hybridized carbons (Fsp3) is 0.312. The topological polar surface area (TPSA) is 207 Å². The zero-order valence-corrected chi connectivity index (χ0v) is 26.2. The standard InChI is InChI=1S/C32H30N4O11/c1-15-23(29(37)45-5)27(19-9-7-11-21(13-19)35(41)42)25(17(3)33-15)31(39)47-32(40)26-18(4)34-16(2)24(30(38)46-6)28(26)20-10-8-12-22(14-20)36(43)44/h7-14,23-24,27-28H,1-6H3/t23?,24?,27-,28+. The van der Waals surface area contributed by atoms with E-state index in [0.29, 0.717) is 0 Å². The highest BCUT2D eigenvalue weighted by molar-refractivity contribution is 6.11. The van der Waals surface area contributed by atoms with Gasteiger partial charge in [0.2, 0.25) is 0 Å². The highest BCUT2D eigenvalue weighted by Crippen LogP contribution is 2.43. The lowest BCUT2D eigenvalue weighted by Gasteiger charge is -2.32. The van der Waals surface area contributed by atoms with Gasteiger partial charge in [-0.25, -0.2) is 9.59 Å². The van der Waals surface area contributed by atoms with E-state index in [4.69, 9.17) is 14.2 Å². The molecule has 0 aliphatic carbocycles. The Labute approximate surface area is 267 Å². The molecule has 2 aliphatic rings. The molecule has 0 fully saturated rings. The van der Waals surface area contributed by atoms with E-state index < -0.39 is 57.4 Å². The number of benzene rings is 2. The minimum atomic E-state index is -1.21. The predicted octanol–water partition coefficient (Wildman–Crippen LogP) is 4.52. The third kappa shape index (κ3) is 6.59. The predicted molar refractivity (Wildman–Crippen MR) is 165 cm³/mol. The van der Waals surface area contributed by atoms with Crippen molar-refractivity contribution in [1.82, 2.24) is 0 Å². The van der Waals surface area contributed by atoms with Crippen LogP contribution in [0.5, 0.6) is 0 Å². The van der Waals surface area contributed by atoms with E-state index in [1.54, 1.807) is 0 Å². The third-order valence-electron chi connectivity index (χ3n) is 8.07. The first-order valence-electron chi connectivity index (χ1n) is 14.1. The molecule has 47 heavy (non-hydrogen) atoms. The largest absolute Gasteiger partial charge is 0.468 e. The van der Waals surface area contributed by atoms with Gasteiger partial charge in [-0.3, -0.25) is 39.8 Å². The van der Waals surface area contributed by atoms with Crippen LogP contribution in [0.4, 0.5) is 11.4 Å². The lowest BCUT2D eigenvalue weighted by atomic mass is 9.75. The number of hydrogen-bond donors (Lipinski definition) is 0. The monoisotopic (exact) mass is 646 g/mol. The molecule has 0 bridgehead atoms. The Morgan fingerprint density at radius 2 is 1.02 bits per heavy atom. The van der Waals surface area contributed by atoms with Crippen molar-refractivity contribution in [3.8, 4) is 0 Å². The fourth-order valence-corrected chi connectivity index (χ4v) is 6.05. The maximum Gasteiger partial charge on any atom is 0.344 e. The first-order valence-corrected chi connectivity index (χ1v) is 14.1. The molecule has 0 saturated heterocycles. The van der Waals surface area contributed by atoms with Crippen molar-refractivity contribution in [2.45, 2.75) is 39.5 Å². The molecule has 2 aliphatic heterocycles. The van der Waals surface area contributed by atoms with Crippen LogP contribution in [0.3, 0.4) is 0 Å². The highest BCUT2D eigenvalue weighted by atomic mass is 16.6. The number of nitrogens with zero attached hydrogens (tertiary/aromatic N) is 4. The SMILES string of the molecule is COC(=O)C1C(C)=NC(C)=C(C(=O)OC(=O)C2=C(C)N=C(C)C(C(=O)OC)[C@@H]2c2cccc([N+](=O)[O-])c2)[C@@H]1c1cccc([N+](=O)[O-])c1. The number of aliphatic imine (C=N–C) groups is 2. The third-order valence-corrected chi connectivity index (χ3v) is 8.07. The molecule has 0 radical (unpaired) electrons. The number of carbonyl (C=O) groups is 4. The minimum Gasteiger partial charge on any atom is -0.468 e. The van der Waals surface area contributed by atoms with Crippen LogP contribution < -0.4 is 0 Å². The number of carbonyl (C=O) groups excluding carboxylic acids is 4. The Morgan fingerprint density at radius 3 is 1.34 bits per heavy atom. The lowest BCUT2D eigenvalue weighted by Crippen LogP contribution is -2.38. The van der Waals surface area contributed by atoms with Crippen molar-refractivity contribution in [2.24, 2.45) is 21.8 Å². The van der Waals surface area contributed by atoms with E-state index >= 15 is 0 Å². The van der Waals surface area contributed by atoms with E-state index in [0.717, 1.165) is 14.2 Å². The van der Waals surface area contributed by atoms with E-state index in [9.17, 15) is 39.4 Å². The maximum atomic E-state index is 14.0. The van der Waals surface area contributed by atoms with Gasteiger partial charge in [-0.1, -0.05) is 24.3 Å². The van der Waals surface area contributed by atoms with E-state index in [-0.39, 0.29) is 56.5 Å². The molecular weight excluding hydrogens is 616 g/mol. The quantitative estimate of drug-likeness (QED) is 0.128. The normalized spacial score (nSPS) is 20.9. The number of ether oxygens (including phenoxy) is 3. The van der Waals surface area contributed by atoms with Crippen LogP contribution in [0.25, 0.3) is 0 Å². The number of hydrogen-bond acceptors (Lipinski definition) is 13. The first-order chi connectivity index (χ1) is 22.2. The second-order valence-electron chi connectivity index (χ2n) is 10.8. The molecule has 0 saturated carbocycles. The Hall–Kier alpha value is -5.86. The molecule has 244 valence electrons. The second-order valence-corrected chi connectivity index (χ2v) is 10.8. The van der Waals surface area contributed by atoms with Crippen LogP contribution in [0.1, 0.15) is 50.7 Å². The molecule has 0 amide bonds. The summed E-state index contributed by atoms with van der Waals surface area (Å²) in [7, 11) is 2.28. The summed E-state index contributed by atoms with van der Waals surface area (Å²) in [5, 5.41) is 23.2. The number of methoxy groups -OCH3 is 2. The lowest BCUT2D eigenvalue weighted by molar-refractivity contribution is -0.385. The van der Waals surface area contributed by atoms with Crippen molar-refractivity contribution < 1.29 is 43.2 Å². The number of allylic oxidation sites excluding steroid dienone is 2. The second kappa shape index (κ2) is 13.6. The summed E-state index contributed by atoms with van der Waals surface area (Å²) < 4.78 is 15.4. The van der Waals surface area contributed by atoms with E-state index in [2.05, 4.69) is 9.98 Å². The number of rotatable bonds is 8. The van der Waals surface area contributed by atoms with Gasteiger partial charge in [-0.15, -0.1) is 0 Å². The number of nitro groups is 2. The minimum absolute atomic E-state index is 0.0860. The van der Waals surface area contributed by atoms with Gasteiger partial charge in [0.05, 0.1) is 35.2 Å². The van der Waals surface area contributed by atoms with Crippen molar-refractivity contribution in [3.63, 3.8) is 0 Å². The average molecular weight is 647 g/mol. The van der Waals surface area contributed by atoms with Gasteiger partial charge in [-0.05, 0) is 38.8 Å². The van der Waals surface area contributed by atoms with E-state index in [1.807, 2.05) is 0 Å². The molecule has 2 aromatic carbocycles. The van der Waals surface area contributed by atoms with Crippen LogP contribution in [-0.2, 0) is 33.4 Å². The van der Waals surface area contributed by atoms with Crippen molar-refractivity contribution in [2.75, 3.05) is 14.2 Å². The average Bonchev–Trinajstić information content (AvgIpc) is 3.03. The van der Waals surface area contributed by atoms with Gasteiger partial charge in [-0.2, -0.15) is 0 Å². The summed E-state index contributed by atoms with van der Waals surface area (Å²) >= 11 is 0. The smallest absolute Gasteiger partial charge is 0.344 e. The van der Waals surface area contributed by atoms with Gasteiger partial charge < -0.3 is 14.2 Å². The summed E-state index contributed by atoms with van der Waals surface area (Å²) in [6, 6.07) is 10.6. The Morgan fingerprint density at radius 1 is 0.660 bits per heavy atom. The molecular formula is C32H30N4O11. The van der Waals surface area contributed by atoms with Gasteiger partial charge in [0.25, 0.3) is 11.4 Å². The molecule has 2 heterocycles. The molecule has 4 atom stereocenters.